The average Bonchev–Trinajstić information content (AvgIpc) is 3.92. The lowest BCUT2D eigenvalue weighted by molar-refractivity contribution is -0.389. The van der Waals surface area contributed by atoms with Crippen LogP contribution in [-0.4, -0.2) is 57.7 Å². The summed E-state index contributed by atoms with van der Waals surface area (Å²) < 4.78 is 6.65. The van der Waals surface area contributed by atoms with E-state index in [1.54, 1.807) is 61.2 Å². The molecule has 0 atom stereocenters. The normalized spacial score (nSPS) is 11.5. The van der Waals surface area contributed by atoms with Crippen LogP contribution in [0.2, 0.25) is 10.0 Å². The van der Waals surface area contributed by atoms with E-state index < -0.39 is 9.85 Å². The van der Waals surface area contributed by atoms with Crippen molar-refractivity contribution < 1.29 is 9.85 Å². The molecule has 0 saturated heterocycles. The van der Waals surface area contributed by atoms with Gasteiger partial charge in [0, 0.05) is 34.3 Å². The molecule has 8 aromatic rings. The molecule has 0 aliphatic heterocycles. The van der Waals surface area contributed by atoms with E-state index in [1.165, 1.54) is 21.5 Å². The van der Waals surface area contributed by atoms with Crippen LogP contribution in [0.3, 0.4) is 0 Å². The number of nitro groups is 2. The quantitative estimate of drug-likeness (QED) is 0.0978. The van der Waals surface area contributed by atoms with Crippen molar-refractivity contribution in [2.75, 3.05) is 0 Å². The molecule has 0 aliphatic rings. The van der Waals surface area contributed by atoms with Crippen molar-refractivity contribution in [1.29, 1.82) is 0 Å². The molecule has 52 heavy (non-hydrogen) atoms. The van der Waals surface area contributed by atoms with Crippen molar-refractivity contribution in [2.45, 2.75) is 52.6 Å². The molecule has 264 valence electrons. The van der Waals surface area contributed by atoms with Crippen LogP contribution in [0.5, 0.6) is 0 Å². The monoisotopic (exact) mass is 740 g/mol. The molecule has 0 fully saturated rings. The summed E-state index contributed by atoms with van der Waals surface area (Å²) in [6.07, 6.45) is 10.4. The maximum Gasteiger partial charge on any atom is 0.357 e. The van der Waals surface area contributed by atoms with E-state index in [1.807, 2.05) is 9.13 Å². The van der Waals surface area contributed by atoms with Gasteiger partial charge >= 0.3 is 11.6 Å². The first kappa shape index (κ1) is 34.4. The fourth-order valence-corrected chi connectivity index (χ4v) is 6.15. The van der Waals surface area contributed by atoms with E-state index in [9.17, 15) is 20.2 Å². The molecule has 0 saturated carbocycles. The molecule has 2 aromatic carbocycles. The summed E-state index contributed by atoms with van der Waals surface area (Å²) >= 11 is 11.8. The van der Waals surface area contributed by atoms with E-state index >= 15 is 0 Å². The second-order valence-electron chi connectivity index (χ2n) is 11.9. The summed E-state index contributed by atoms with van der Waals surface area (Å²) in [6, 6.07) is 13.6. The van der Waals surface area contributed by atoms with Gasteiger partial charge in [0.15, 0.2) is 46.4 Å². The van der Waals surface area contributed by atoms with Crippen molar-refractivity contribution in [3.8, 4) is 22.5 Å². The molecule has 18 heteroatoms. The zero-order valence-electron chi connectivity index (χ0n) is 27.9. The van der Waals surface area contributed by atoms with Gasteiger partial charge in [-0.05, 0) is 47.0 Å². The summed E-state index contributed by atoms with van der Waals surface area (Å²) in [7, 11) is 0. The number of hydrogen-bond acceptors (Lipinski definition) is 10. The SMILES string of the molecule is CCCCn1cnc2c1ncn1c([N+](=O)[O-])c(-c3ccc(Cl)cc3)nc21.CCCCn1cnc2c1ncn1c([N+](=O)[O-])c(-c3ccc(Cl)cc3)nc21. The van der Waals surface area contributed by atoms with Gasteiger partial charge in [-0.1, -0.05) is 74.2 Å². The van der Waals surface area contributed by atoms with Crippen LogP contribution in [0.4, 0.5) is 11.6 Å². The predicted molar refractivity (Wildman–Crippen MR) is 197 cm³/mol. The highest BCUT2D eigenvalue weighted by Crippen LogP contribution is 2.34. The van der Waals surface area contributed by atoms with Crippen molar-refractivity contribution in [3.63, 3.8) is 0 Å². The third-order valence-corrected chi connectivity index (χ3v) is 9.00. The first-order valence-corrected chi connectivity index (χ1v) is 17.2. The molecule has 8 rings (SSSR count). The summed E-state index contributed by atoms with van der Waals surface area (Å²) in [4.78, 5) is 49.1. The van der Waals surface area contributed by atoms with Gasteiger partial charge < -0.3 is 29.4 Å². The number of hydrogen-bond donors (Lipinski definition) is 0. The lowest BCUT2D eigenvalue weighted by Gasteiger charge is -2.01. The third kappa shape index (κ3) is 6.26. The molecule has 0 aliphatic carbocycles. The van der Waals surface area contributed by atoms with Gasteiger partial charge in [-0.25, -0.2) is 9.97 Å². The number of aromatic nitrogens is 10. The number of benzene rings is 2. The van der Waals surface area contributed by atoms with Crippen LogP contribution >= 0.6 is 23.2 Å². The largest absolute Gasteiger partial charge is 0.358 e. The Balaban J connectivity index is 0.000000162. The van der Waals surface area contributed by atoms with E-state index in [0.29, 0.717) is 54.8 Å². The number of fused-ring (bicyclic) bond motifs is 6. The third-order valence-electron chi connectivity index (χ3n) is 8.49. The van der Waals surface area contributed by atoms with Gasteiger partial charge in [-0.15, -0.1) is 0 Å². The van der Waals surface area contributed by atoms with E-state index in [0.717, 1.165) is 38.8 Å². The maximum atomic E-state index is 11.7. The molecule has 0 spiro atoms. The number of nitrogens with zero attached hydrogens (tertiary/aromatic N) is 12. The Labute approximate surface area is 304 Å². The van der Waals surface area contributed by atoms with Crippen LogP contribution in [-0.2, 0) is 13.1 Å². The zero-order valence-corrected chi connectivity index (χ0v) is 29.4. The molecule has 0 N–H and O–H groups in total. The summed E-state index contributed by atoms with van der Waals surface area (Å²) in [5, 5.41) is 24.5. The molecule has 0 amide bonds. The van der Waals surface area contributed by atoms with Gasteiger partial charge in [0.05, 0.1) is 12.7 Å². The highest BCUT2D eigenvalue weighted by atomic mass is 35.5. The Hall–Kier alpha value is -6.00. The van der Waals surface area contributed by atoms with Crippen LogP contribution in [0.1, 0.15) is 39.5 Å². The van der Waals surface area contributed by atoms with Gasteiger partial charge in [-0.2, -0.15) is 28.7 Å². The molecule has 0 bridgehead atoms. The first-order chi connectivity index (χ1) is 25.2. The molecule has 16 nitrogen and oxygen atoms in total. The predicted octanol–water partition coefficient (Wildman–Crippen LogP) is 8.22. The van der Waals surface area contributed by atoms with Crippen LogP contribution in [0, 0.1) is 20.2 Å². The second-order valence-corrected chi connectivity index (χ2v) is 12.8. The number of halogens is 2. The summed E-state index contributed by atoms with van der Waals surface area (Å²) in [6.45, 7) is 5.81. The fourth-order valence-electron chi connectivity index (χ4n) is 5.90. The lowest BCUT2D eigenvalue weighted by atomic mass is 10.1. The van der Waals surface area contributed by atoms with Gasteiger partial charge in [0.1, 0.15) is 0 Å². The van der Waals surface area contributed by atoms with E-state index in [2.05, 4.69) is 43.8 Å². The highest BCUT2D eigenvalue weighted by molar-refractivity contribution is 6.31. The molecular formula is C34H30Cl2N12O4. The average molecular weight is 742 g/mol. The number of aryl methyl sites for hydroxylation is 2. The van der Waals surface area contributed by atoms with Crippen molar-refractivity contribution in [3.05, 3.63) is 104 Å². The standard InChI is InChI=1S/2C17H15ClN6O2/c2*1-2-3-8-22-9-19-14-15(22)20-10-23-16(14)21-13(17(23)24(25)26)11-4-6-12(18)7-5-11/h2*4-7,9-10H,2-3,8H2,1H3. The van der Waals surface area contributed by atoms with Gasteiger partial charge in [-0.3, -0.25) is 0 Å². The molecule has 0 radical (unpaired) electrons. The minimum atomic E-state index is -0.453. The zero-order chi connectivity index (χ0) is 36.5. The summed E-state index contributed by atoms with van der Waals surface area (Å²) in [5.74, 6) is -0.278. The summed E-state index contributed by atoms with van der Waals surface area (Å²) in [5.41, 5.74) is 5.05. The minimum Gasteiger partial charge on any atom is -0.358 e. The van der Waals surface area contributed by atoms with Gasteiger partial charge in [0.25, 0.3) is 11.3 Å². The van der Waals surface area contributed by atoms with E-state index in [-0.39, 0.29) is 23.0 Å². The molecular weight excluding hydrogens is 711 g/mol. The molecule has 6 heterocycles. The fraction of sp³-hybridized carbons (Fsp3) is 0.235. The highest BCUT2D eigenvalue weighted by Gasteiger charge is 2.28. The Kier molecular flexibility index (Phi) is 9.49. The van der Waals surface area contributed by atoms with Crippen molar-refractivity contribution in [1.82, 2.24) is 47.8 Å². The second kappa shape index (κ2) is 14.3. The van der Waals surface area contributed by atoms with Crippen molar-refractivity contribution in [2.24, 2.45) is 0 Å². The number of imidazole rings is 4. The number of rotatable bonds is 10. The molecule has 0 unspecified atom stereocenters. The minimum absolute atomic E-state index is 0.139. The lowest BCUT2D eigenvalue weighted by Crippen LogP contribution is -2.00. The van der Waals surface area contributed by atoms with Crippen LogP contribution in [0.25, 0.3) is 56.1 Å². The van der Waals surface area contributed by atoms with Crippen LogP contribution < -0.4 is 0 Å². The Morgan fingerprint density at radius 1 is 0.577 bits per heavy atom. The Bertz CT molecular complexity index is 2410. The van der Waals surface area contributed by atoms with Gasteiger partial charge in [0.2, 0.25) is 0 Å². The van der Waals surface area contributed by atoms with E-state index in [4.69, 9.17) is 23.2 Å². The number of unbranched alkanes of at least 4 members (excludes halogenated alkanes) is 2. The molecule has 6 aromatic heterocycles. The smallest absolute Gasteiger partial charge is 0.357 e. The Morgan fingerprint density at radius 2 is 0.962 bits per heavy atom. The topological polar surface area (TPSA) is 182 Å². The van der Waals surface area contributed by atoms with Crippen LogP contribution in [0.15, 0.2) is 73.8 Å². The maximum absolute atomic E-state index is 11.7. The van der Waals surface area contributed by atoms with Crippen molar-refractivity contribution >= 4 is 68.5 Å². The first-order valence-electron chi connectivity index (χ1n) is 16.4. The Morgan fingerprint density at radius 3 is 1.31 bits per heavy atom.